The number of halogens is 2. The number of benzene rings is 2. The van der Waals surface area contributed by atoms with E-state index in [0.717, 1.165) is 40.7 Å². The smallest absolute Gasteiger partial charge is 0.409 e. The molecule has 1 amide bonds. The van der Waals surface area contributed by atoms with Crippen LogP contribution in [0.3, 0.4) is 0 Å². The summed E-state index contributed by atoms with van der Waals surface area (Å²) in [6.07, 6.45) is 4.48. The minimum atomic E-state index is -0.886. The van der Waals surface area contributed by atoms with Gasteiger partial charge in [0.25, 0.3) is 0 Å². The summed E-state index contributed by atoms with van der Waals surface area (Å²) in [6, 6.07) is 12.6. The van der Waals surface area contributed by atoms with Gasteiger partial charge >= 0.3 is 6.09 Å². The zero-order chi connectivity index (χ0) is 28.0. The summed E-state index contributed by atoms with van der Waals surface area (Å²) in [5.41, 5.74) is 10.8. The number of ether oxygens (including phenoxy) is 1. The molecule has 202 valence electrons. The van der Waals surface area contributed by atoms with E-state index < -0.39 is 6.09 Å². The third-order valence-corrected chi connectivity index (χ3v) is 7.46. The van der Waals surface area contributed by atoms with E-state index in [9.17, 15) is 10.0 Å². The number of nitrogens with one attached hydrogen (secondary N) is 1. The molecule has 2 aromatic carbocycles. The van der Waals surface area contributed by atoms with Crippen molar-refractivity contribution in [3.8, 4) is 33.8 Å². The van der Waals surface area contributed by atoms with E-state index in [-0.39, 0.29) is 5.92 Å². The first-order valence-corrected chi connectivity index (χ1v) is 13.2. The molecule has 3 aromatic heterocycles. The van der Waals surface area contributed by atoms with Crippen LogP contribution in [-0.4, -0.2) is 36.3 Å². The van der Waals surface area contributed by atoms with Gasteiger partial charge in [0.2, 0.25) is 5.69 Å². The van der Waals surface area contributed by atoms with Gasteiger partial charge in [-0.2, -0.15) is 9.41 Å². The largest absolute Gasteiger partial charge is 0.618 e. The molecule has 0 aliphatic heterocycles. The van der Waals surface area contributed by atoms with E-state index in [1.165, 1.54) is 11.0 Å². The van der Waals surface area contributed by atoms with Crippen LogP contribution >= 0.6 is 23.2 Å². The minimum absolute atomic E-state index is 0.279. The second-order valence-electron chi connectivity index (χ2n) is 9.51. The zero-order valence-corrected chi connectivity index (χ0v) is 22.6. The monoisotopic (exact) mass is 576 g/mol. The average Bonchev–Trinajstić information content (AvgIpc) is 3.59. The highest BCUT2D eigenvalue weighted by Gasteiger charge is 2.33. The number of tetrazole rings is 1. The Labute approximate surface area is 238 Å². The van der Waals surface area contributed by atoms with E-state index in [4.69, 9.17) is 38.7 Å². The number of hydrogen-bond donors (Lipinski definition) is 2. The van der Waals surface area contributed by atoms with E-state index in [1.807, 2.05) is 18.2 Å². The molecule has 1 atom stereocenters. The molecule has 13 heteroatoms. The van der Waals surface area contributed by atoms with Gasteiger partial charge in [-0.25, -0.2) is 9.78 Å². The van der Waals surface area contributed by atoms with Gasteiger partial charge in [-0.1, -0.05) is 23.2 Å². The zero-order valence-electron chi connectivity index (χ0n) is 21.1. The van der Waals surface area contributed by atoms with Crippen LogP contribution in [0.15, 0.2) is 55.0 Å². The van der Waals surface area contributed by atoms with E-state index in [0.29, 0.717) is 50.0 Å². The van der Waals surface area contributed by atoms with E-state index in [2.05, 4.69) is 20.5 Å². The number of hydrogen-bond acceptors (Lipinski definition) is 7. The highest BCUT2D eigenvalue weighted by atomic mass is 35.5. The number of aromatic amines is 1. The molecular weight excluding hydrogens is 555 g/mol. The van der Waals surface area contributed by atoms with Gasteiger partial charge in [0.15, 0.2) is 6.20 Å². The number of fused-ring (bicyclic) bond motifs is 1. The maximum atomic E-state index is 13.6. The summed E-state index contributed by atoms with van der Waals surface area (Å²) in [7, 11) is 0. The number of nitrogens with zero attached hydrogens (tertiary/aromatic N) is 6. The fourth-order valence-electron chi connectivity index (χ4n) is 5.22. The Morgan fingerprint density at radius 2 is 2.05 bits per heavy atom. The Bertz CT molecular complexity index is 1750. The predicted octanol–water partition coefficient (Wildman–Crippen LogP) is 4.89. The number of rotatable bonds is 5. The second-order valence-corrected chi connectivity index (χ2v) is 10.3. The number of amides is 1. The number of nitrogens with two attached hydrogens (primary N) is 1. The molecule has 0 bridgehead atoms. The van der Waals surface area contributed by atoms with Crippen molar-refractivity contribution in [1.29, 1.82) is 0 Å². The van der Waals surface area contributed by atoms with Gasteiger partial charge in [0.1, 0.15) is 34.7 Å². The van der Waals surface area contributed by atoms with Gasteiger partial charge in [-0.05, 0) is 84.6 Å². The van der Waals surface area contributed by atoms with Crippen molar-refractivity contribution in [2.75, 3.05) is 0 Å². The summed E-state index contributed by atoms with van der Waals surface area (Å²) < 4.78 is 7.46. The van der Waals surface area contributed by atoms with Gasteiger partial charge in [-0.15, -0.1) is 5.10 Å². The van der Waals surface area contributed by atoms with Crippen LogP contribution in [-0.2, 0) is 6.42 Å². The maximum Gasteiger partial charge on any atom is 0.409 e. The second kappa shape index (κ2) is 10.2. The first-order chi connectivity index (χ1) is 19.3. The molecule has 1 aliphatic carbocycles. The molecule has 0 spiro atoms. The molecule has 40 heavy (non-hydrogen) atoms. The molecule has 3 N–H and O–H groups in total. The summed E-state index contributed by atoms with van der Waals surface area (Å²) in [5.74, 6) is 0.680. The van der Waals surface area contributed by atoms with Gasteiger partial charge in [0.05, 0.1) is 5.69 Å². The van der Waals surface area contributed by atoms with Crippen LogP contribution in [0.4, 0.5) is 4.79 Å². The fraction of sp³-hybridized carbons (Fsp3) is 0.185. The lowest BCUT2D eigenvalue weighted by atomic mass is 9.85. The number of carbonyl (C=O) groups excluding carboxylic acids is 1. The first-order valence-electron chi connectivity index (χ1n) is 12.4. The Balaban J connectivity index is 1.38. The molecule has 0 radical (unpaired) electrons. The number of imidazole rings is 1. The highest BCUT2D eigenvalue weighted by Crippen LogP contribution is 2.39. The molecule has 0 fully saturated rings. The van der Waals surface area contributed by atoms with Crippen molar-refractivity contribution in [3.05, 3.63) is 93.0 Å². The predicted molar refractivity (Wildman–Crippen MR) is 147 cm³/mol. The lowest BCUT2D eigenvalue weighted by Crippen LogP contribution is -2.37. The van der Waals surface area contributed by atoms with Gasteiger partial charge < -0.3 is 20.7 Å². The lowest BCUT2D eigenvalue weighted by molar-refractivity contribution is -0.615. The number of aromatic nitrogens is 7. The quantitative estimate of drug-likeness (QED) is 0.223. The Morgan fingerprint density at radius 1 is 1.20 bits per heavy atom. The maximum absolute atomic E-state index is 13.6. The summed E-state index contributed by atoms with van der Waals surface area (Å²) in [5, 5.41) is 25.9. The van der Waals surface area contributed by atoms with E-state index in [1.54, 1.807) is 37.4 Å². The Morgan fingerprint density at radius 3 is 2.80 bits per heavy atom. The third-order valence-electron chi connectivity index (χ3n) is 6.95. The van der Waals surface area contributed by atoms with Crippen molar-refractivity contribution < 1.29 is 14.3 Å². The molecule has 11 nitrogen and oxygen atoms in total. The number of pyridine rings is 1. The van der Waals surface area contributed by atoms with Gasteiger partial charge in [-0.3, -0.25) is 0 Å². The van der Waals surface area contributed by atoms with Crippen LogP contribution in [0.5, 0.6) is 5.75 Å². The van der Waals surface area contributed by atoms with Crippen LogP contribution in [0, 0.1) is 12.1 Å². The molecular formula is C27H22Cl2N8O3. The summed E-state index contributed by atoms with van der Waals surface area (Å²) >= 11 is 12.9. The number of H-pyrrole nitrogens is 1. The van der Waals surface area contributed by atoms with Crippen LogP contribution in [0.25, 0.3) is 28.1 Å². The minimum Gasteiger partial charge on any atom is -0.618 e. The Kier molecular flexibility index (Phi) is 6.60. The molecule has 1 unspecified atom stereocenters. The van der Waals surface area contributed by atoms with E-state index >= 15 is 0 Å². The molecule has 3 heterocycles. The number of primary amides is 1. The molecule has 0 saturated heterocycles. The van der Waals surface area contributed by atoms with Crippen LogP contribution in [0.2, 0.25) is 10.2 Å². The van der Waals surface area contributed by atoms with Crippen molar-refractivity contribution in [1.82, 2.24) is 30.2 Å². The van der Waals surface area contributed by atoms with Crippen molar-refractivity contribution in [3.63, 3.8) is 0 Å². The van der Waals surface area contributed by atoms with Crippen LogP contribution < -0.4 is 15.2 Å². The summed E-state index contributed by atoms with van der Waals surface area (Å²) in [6.45, 7) is 1.79. The normalized spacial score (nSPS) is 14.6. The average molecular weight is 577 g/mol. The third kappa shape index (κ3) is 4.74. The van der Waals surface area contributed by atoms with Crippen molar-refractivity contribution in [2.45, 2.75) is 32.1 Å². The van der Waals surface area contributed by atoms with Crippen molar-refractivity contribution in [2.24, 2.45) is 5.73 Å². The number of aryl methyl sites for hydroxylation is 2. The standard InChI is InChI=1S/C27H22Cl2N8O3/c1-14-9-15(5-8-22(14)40-27(30)38)23-25(29)33-26(32-23)19-4-2-3-16-10-17(12-37(39)24(16)19)20-11-18(28)6-7-21(20)36-13-31-34-35-36/h5-13,19H,2-4H2,1H3,(H2,30,38)(H,32,33). The lowest BCUT2D eigenvalue weighted by Gasteiger charge is -2.23. The van der Waals surface area contributed by atoms with Gasteiger partial charge in [0, 0.05) is 27.3 Å². The fourth-order valence-corrected chi connectivity index (χ4v) is 5.64. The summed E-state index contributed by atoms with van der Waals surface area (Å²) in [4.78, 5) is 19.1. The number of carbonyl (C=O) groups is 1. The molecule has 6 rings (SSSR count). The molecule has 5 aromatic rings. The Hall–Kier alpha value is -4.48. The van der Waals surface area contributed by atoms with Crippen LogP contribution in [0.1, 0.15) is 41.4 Å². The molecule has 1 aliphatic rings. The SMILES string of the molecule is Cc1cc(-c2nc(C3CCCc4cc(-c5cc(Cl)ccc5-n5cnnn5)c[n+]([O-])c43)[nH]c2Cl)ccc1OC(N)=O. The topological polar surface area (TPSA) is 152 Å². The highest BCUT2D eigenvalue weighted by molar-refractivity contribution is 6.32. The molecule has 0 saturated carbocycles. The van der Waals surface area contributed by atoms with Crippen molar-refractivity contribution >= 4 is 29.3 Å². The first kappa shape index (κ1) is 25.8.